The Morgan fingerprint density at radius 2 is 1.80 bits per heavy atom. The molecular weight excluding hydrogens is 319 g/mol. The maximum atomic E-state index is 14.1. The molecule has 3 nitrogen and oxygen atoms in total. The van der Waals surface area contributed by atoms with E-state index in [1.807, 2.05) is 43.3 Å². The van der Waals surface area contributed by atoms with Crippen molar-refractivity contribution in [2.24, 2.45) is 0 Å². The Hall–Kier alpha value is -2.36. The molecule has 0 radical (unpaired) electrons. The second-order valence-electron chi connectivity index (χ2n) is 7.03. The standard InChI is InChI=1S/C21H23FO3/c1-15-17(10-7-11-18(15)22)21(19(23)24-3)13-12-20(2,14-21)25-16-8-5-4-6-9-16/h4-11H,12-14H2,1-3H3/t20-,21+/m1/s1. The Labute approximate surface area is 147 Å². The molecule has 4 heteroatoms. The van der Waals surface area contributed by atoms with Crippen LogP contribution in [0.5, 0.6) is 5.75 Å². The van der Waals surface area contributed by atoms with Crippen molar-refractivity contribution in [3.05, 3.63) is 65.5 Å². The van der Waals surface area contributed by atoms with Crippen molar-refractivity contribution in [2.75, 3.05) is 7.11 Å². The summed E-state index contributed by atoms with van der Waals surface area (Å²) in [5.41, 5.74) is -0.213. The summed E-state index contributed by atoms with van der Waals surface area (Å²) in [5.74, 6) is 0.126. The predicted octanol–water partition coefficient (Wildman–Crippen LogP) is 4.57. The number of hydrogen-bond acceptors (Lipinski definition) is 3. The number of hydrogen-bond donors (Lipinski definition) is 0. The lowest BCUT2D eigenvalue weighted by Gasteiger charge is -2.32. The minimum atomic E-state index is -0.884. The Kier molecular flexibility index (Phi) is 4.55. The van der Waals surface area contributed by atoms with Gasteiger partial charge in [0.2, 0.25) is 0 Å². The van der Waals surface area contributed by atoms with Gasteiger partial charge < -0.3 is 9.47 Å². The van der Waals surface area contributed by atoms with E-state index < -0.39 is 11.0 Å². The van der Waals surface area contributed by atoms with Crippen LogP contribution >= 0.6 is 0 Å². The molecule has 0 heterocycles. The van der Waals surface area contributed by atoms with Crippen LogP contribution in [-0.4, -0.2) is 18.7 Å². The number of carbonyl (C=O) groups is 1. The lowest BCUT2D eigenvalue weighted by molar-refractivity contribution is -0.148. The molecule has 0 unspecified atom stereocenters. The molecule has 0 amide bonds. The Bertz CT molecular complexity index is 774. The molecule has 1 saturated carbocycles. The van der Waals surface area contributed by atoms with E-state index in [-0.39, 0.29) is 11.8 Å². The monoisotopic (exact) mass is 342 g/mol. The fourth-order valence-electron chi connectivity index (χ4n) is 3.99. The van der Waals surface area contributed by atoms with Gasteiger partial charge in [-0.15, -0.1) is 0 Å². The smallest absolute Gasteiger partial charge is 0.316 e. The highest BCUT2D eigenvalue weighted by Crippen LogP contribution is 2.49. The van der Waals surface area contributed by atoms with Gasteiger partial charge in [-0.05, 0) is 56.0 Å². The molecule has 2 aromatic carbocycles. The molecule has 0 aromatic heterocycles. The number of benzene rings is 2. The second-order valence-corrected chi connectivity index (χ2v) is 7.03. The SMILES string of the molecule is COC(=O)[C@@]1(c2cccc(F)c2C)CC[C@@](C)(Oc2ccccc2)C1. The third-order valence-corrected chi connectivity index (χ3v) is 5.22. The zero-order valence-corrected chi connectivity index (χ0v) is 14.8. The molecule has 1 aliphatic carbocycles. The van der Waals surface area contributed by atoms with E-state index in [1.165, 1.54) is 13.2 Å². The predicted molar refractivity (Wildman–Crippen MR) is 94.2 cm³/mol. The van der Waals surface area contributed by atoms with Crippen LogP contribution in [0.4, 0.5) is 4.39 Å². The lowest BCUT2D eigenvalue weighted by atomic mass is 9.75. The fourth-order valence-corrected chi connectivity index (χ4v) is 3.99. The molecule has 132 valence electrons. The molecule has 2 atom stereocenters. The van der Waals surface area contributed by atoms with Crippen LogP contribution in [0.2, 0.25) is 0 Å². The quantitative estimate of drug-likeness (QED) is 0.764. The van der Waals surface area contributed by atoms with Gasteiger partial charge in [-0.1, -0.05) is 30.3 Å². The average Bonchev–Trinajstić information content (AvgIpc) is 2.96. The molecule has 25 heavy (non-hydrogen) atoms. The fraction of sp³-hybridized carbons (Fsp3) is 0.381. The second kappa shape index (κ2) is 6.51. The van der Waals surface area contributed by atoms with Crippen LogP contribution in [-0.2, 0) is 14.9 Å². The molecule has 3 rings (SSSR count). The van der Waals surface area contributed by atoms with E-state index in [2.05, 4.69) is 0 Å². The van der Waals surface area contributed by atoms with Gasteiger partial charge in [0, 0.05) is 6.42 Å². The van der Waals surface area contributed by atoms with Gasteiger partial charge >= 0.3 is 5.97 Å². The summed E-state index contributed by atoms with van der Waals surface area (Å²) in [7, 11) is 1.38. The molecule has 0 N–H and O–H groups in total. The van der Waals surface area contributed by atoms with E-state index in [4.69, 9.17) is 9.47 Å². The van der Waals surface area contributed by atoms with E-state index >= 15 is 0 Å². The first-order valence-electron chi connectivity index (χ1n) is 8.48. The third-order valence-electron chi connectivity index (χ3n) is 5.22. The lowest BCUT2D eigenvalue weighted by Crippen LogP contribution is -2.39. The number of ether oxygens (including phenoxy) is 2. The van der Waals surface area contributed by atoms with Crippen LogP contribution < -0.4 is 4.74 Å². The first-order chi connectivity index (χ1) is 11.9. The van der Waals surface area contributed by atoms with Gasteiger partial charge in [0.25, 0.3) is 0 Å². The van der Waals surface area contributed by atoms with Gasteiger partial charge in [-0.2, -0.15) is 0 Å². The van der Waals surface area contributed by atoms with E-state index in [0.29, 0.717) is 30.4 Å². The third kappa shape index (κ3) is 3.13. The van der Waals surface area contributed by atoms with Crippen molar-refractivity contribution in [2.45, 2.75) is 44.1 Å². The zero-order valence-electron chi connectivity index (χ0n) is 14.8. The molecule has 0 spiro atoms. The van der Waals surface area contributed by atoms with Crippen LogP contribution in [0, 0.1) is 12.7 Å². The number of esters is 1. The summed E-state index contributed by atoms with van der Waals surface area (Å²) in [6.07, 6.45) is 1.70. The highest BCUT2D eigenvalue weighted by atomic mass is 19.1. The van der Waals surface area contributed by atoms with Crippen LogP contribution in [0.1, 0.15) is 37.3 Å². The van der Waals surface area contributed by atoms with Gasteiger partial charge in [0.05, 0.1) is 12.5 Å². The van der Waals surface area contributed by atoms with Crippen molar-refractivity contribution in [3.63, 3.8) is 0 Å². The first kappa shape index (κ1) is 17.5. The van der Waals surface area contributed by atoms with Gasteiger partial charge in [-0.3, -0.25) is 4.79 Å². The van der Waals surface area contributed by atoms with Crippen LogP contribution in [0.25, 0.3) is 0 Å². The highest BCUT2D eigenvalue weighted by Gasteiger charge is 2.54. The molecular formula is C21H23FO3. The van der Waals surface area contributed by atoms with E-state index in [1.54, 1.807) is 13.0 Å². The van der Waals surface area contributed by atoms with Gasteiger partial charge in [0.15, 0.2) is 0 Å². The van der Waals surface area contributed by atoms with E-state index in [9.17, 15) is 9.18 Å². The first-order valence-corrected chi connectivity index (χ1v) is 8.48. The number of para-hydroxylation sites is 1. The average molecular weight is 342 g/mol. The molecule has 2 aromatic rings. The number of carbonyl (C=O) groups excluding carboxylic acids is 1. The normalized spacial score (nSPS) is 25.6. The van der Waals surface area contributed by atoms with Crippen molar-refractivity contribution in [1.29, 1.82) is 0 Å². The molecule has 0 aliphatic heterocycles. The Morgan fingerprint density at radius 3 is 2.48 bits per heavy atom. The van der Waals surface area contributed by atoms with Gasteiger partial charge in [0.1, 0.15) is 17.2 Å². The molecule has 1 fully saturated rings. The molecule has 0 bridgehead atoms. The van der Waals surface area contributed by atoms with Crippen molar-refractivity contribution < 1.29 is 18.7 Å². The summed E-state index contributed by atoms with van der Waals surface area (Å²) in [5, 5.41) is 0. The minimum Gasteiger partial charge on any atom is -0.488 e. The summed E-state index contributed by atoms with van der Waals surface area (Å²) in [6, 6.07) is 14.4. The largest absolute Gasteiger partial charge is 0.488 e. The van der Waals surface area contributed by atoms with Crippen LogP contribution in [0.3, 0.4) is 0 Å². The minimum absolute atomic E-state index is 0.307. The Balaban J connectivity index is 1.99. The number of halogens is 1. The highest BCUT2D eigenvalue weighted by molar-refractivity contribution is 5.84. The van der Waals surface area contributed by atoms with Crippen molar-refractivity contribution in [3.8, 4) is 5.75 Å². The molecule has 1 aliphatic rings. The summed E-state index contributed by atoms with van der Waals surface area (Å²) < 4.78 is 25.4. The Morgan fingerprint density at radius 1 is 1.08 bits per heavy atom. The maximum absolute atomic E-state index is 14.1. The zero-order chi connectivity index (χ0) is 18.1. The number of rotatable bonds is 4. The summed E-state index contributed by atoms with van der Waals surface area (Å²) in [4.78, 5) is 12.7. The van der Waals surface area contributed by atoms with Crippen molar-refractivity contribution >= 4 is 5.97 Å². The summed E-state index contributed by atoms with van der Waals surface area (Å²) >= 11 is 0. The molecule has 0 saturated heterocycles. The topological polar surface area (TPSA) is 35.5 Å². The van der Waals surface area contributed by atoms with E-state index in [0.717, 1.165) is 5.75 Å². The maximum Gasteiger partial charge on any atom is 0.316 e. The van der Waals surface area contributed by atoms with Gasteiger partial charge in [-0.25, -0.2) is 4.39 Å². The van der Waals surface area contributed by atoms with Crippen LogP contribution in [0.15, 0.2) is 48.5 Å². The number of methoxy groups -OCH3 is 1. The van der Waals surface area contributed by atoms with Crippen molar-refractivity contribution in [1.82, 2.24) is 0 Å². The summed E-state index contributed by atoms with van der Waals surface area (Å²) in [6.45, 7) is 3.71.